The first-order valence-corrected chi connectivity index (χ1v) is 9.62. The zero-order valence-electron chi connectivity index (χ0n) is 16.9. The monoisotopic (exact) mass is 398 g/mol. The fourth-order valence-electron chi connectivity index (χ4n) is 3.11. The van der Waals surface area contributed by atoms with Crippen LogP contribution in [0.3, 0.4) is 0 Å². The predicted molar refractivity (Wildman–Crippen MR) is 116 cm³/mol. The molecule has 0 radical (unpaired) electrons. The van der Waals surface area contributed by atoms with E-state index in [-0.39, 0.29) is 5.91 Å². The number of hydrogen-bond acceptors (Lipinski definition) is 4. The summed E-state index contributed by atoms with van der Waals surface area (Å²) in [5, 5.41) is 7.52. The standard InChI is InChI=1S/C24H22N4O2/c1-17-5-9-20(10-6-17)28-23(19-4-3-13-25-16-19)14-22(27-28)24(29)26-15-18-7-11-21(30-2)12-8-18/h3-14,16H,15H2,1-2H3,(H,26,29). The van der Waals surface area contributed by atoms with Crippen molar-refractivity contribution in [3.8, 4) is 22.7 Å². The van der Waals surface area contributed by atoms with E-state index in [1.807, 2.05) is 67.6 Å². The second-order valence-electron chi connectivity index (χ2n) is 6.93. The van der Waals surface area contributed by atoms with Gasteiger partial charge in [-0.25, -0.2) is 4.68 Å². The second-order valence-corrected chi connectivity index (χ2v) is 6.93. The van der Waals surface area contributed by atoms with Crippen molar-refractivity contribution in [1.29, 1.82) is 0 Å². The fraction of sp³-hybridized carbons (Fsp3) is 0.125. The molecule has 30 heavy (non-hydrogen) atoms. The maximum Gasteiger partial charge on any atom is 0.272 e. The van der Waals surface area contributed by atoms with E-state index in [9.17, 15) is 4.79 Å². The lowest BCUT2D eigenvalue weighted by Crippen LogP contribution is -2.23. The highest BCUT2D eigenvalue weighted by Crippen LogP contribution is 2.24. The smallest absolute Gasteiger partial charge is 0.272 e. The van der Waals surface area contributed by atoms with Crippen LogP contribution in [0.1, 0.15) is 21.6 Å². The number of ether oxygens (including phenoxy) is 1. The number of nitrogens with zero attached hydrogens (tertiary/aromatic N) is 3. The van der Waals surface area contributed by atoms with Crippen molar-refractivity contribution in [3.05, 3.63) is 95.9 Å². The van der Waals surface area contributed by atoms with Crippen molar-refractivity contribution in [2.24, 2.45) is 0 Å². The molecule has 1 N–H and O–H groups in total. The van der Waals surface area contributed by atoms with Crippen molar-refractivity contribution in [2.45, 2.75) is 13.5 Å². The quantitative estimate of drug-likeness (QED) is 0.529. The van der Waals surface area contributed by atoms with Gasteiger partial charge in [-0.2, -0.15) is 5.10 Å². The molecule has 0 atom stereocenters. The lowest BCUT2D eigenvalue weighted by atomic mass is 10.1. The molecule has 0 spiro atoms. The number of pyridine rings is 1. The summed E-state index contributed by atoms with van der Waals surface area (Å²) in [6.07, 6.45) is 3.49. The largest absolute Gasteiger partial charge is 0.497 e. The van der Waals surface area contributed by atoms with E-state index in [0.717, 1.165) is 33.8 Å². The number of rotatable bonds is 6. The maximum absolute atomic E-state index is 12.8. The molecule has 0 bridgehead atoms. The Hall–Kier alpha value is -3.93. The molecular weight excluding hydrogens is 376 g/mol. The molecule has 0 saturated carbocycles. The molecule has 0 saturated heterocycles. The van der Waals surface area contributed by atoms with Gasteiger partial charge in [0.2, 0.25) is 0 Å². The van der Waals surface area contributed by atoms with Crippen LogP contribution in [0.5, 0.6) is 5.75 Å². The SMILES string of the molecule is COc1ccc(CNC(=O)c2cc(-c3cccnc3)n(-c3ccc(C)cc3)n2)cc1. The fourth-order valence-corrected chi connectivity index (χ4v) is 3.11. The Morgan fingerprint density at radius 2 is 1.83 bits per heavy atom. The Bertz CT molecular complexity index is 1130. The minimum Gasteiger partial charge on any atom is -0.497 e. The summed E-state index contributed by atoms with van der Waals surface area (Å²) in [5.74, 6) is 0.546. The van der Waals surface area contributed by atoms with Gasteiger partial charge in [0, 0.05) is 24.5 Å². The Morgan fingerprint density at radius 3 is 2.50 bits per heavy atom. The van der Waals surface area contributed by atoms with Gasteiger partial charge in [-0.3, -0.25) is 9.78 Å². The van der Waals surface area contributed by atoms with Gasteiger partial charge in [0.1, 0.15) is 5.75 Å². The molecule has 0 aliphatic heterocycles. The number of aromatic nitrogens is 3. The molecule has 2 aromatic heterocycles. The number of carbonyl (C=O) groups excluding carboxylic acids is 1. The summed E-state index contributed by atoms with van der Waals surface area (Å²) in [6, 6.07) is 21.2. The maximum atomic E-state index is 12.8. The van der Waals surface area contributed by atoms with Crippen molar-refractivity contribution < 1.29 is 9.53 Å². The van der Waals surface area contributed by atoms with Gasteiger partial charge in [0.05, 0.1) is 18.5 Å². The van der Waals surface area contributed by atoms with Crippen LogP contribution in [0, 0.1) is 6.92 Å². The molecule has 2 aromatic carbocycles. The number of nitrogens with one attached hydrogen (secondary N) is 1. The average Bonchev–Trinajstić information content (AvgIpc) is 3.24. The zero-order valence-corrected chi connectivity index (χ0v) is 16.9. The number of hydrogen-bond donors (Lipinski definition) is 1. The predicted octanol–water partition coefficient (Wildman–Crippen LogP) is 4.18. The summed E-state index contributed by atoms with van der Waals surface area (Å²) in [5.41, 5.74) is 5.07. The molecule has 4 rings (SSSR count). The molecule has 4 aromatic rings. The van der Waals surface area contributed by atoms with E-state index in [0.29, 0.717) is 12.2 Å². The van der Waals surface area contributed by atoms with Crippen LogP contribution in [0.2, 0.25) is 0 Å². The molecule has 1 amide bonds. The van der Waals surface area contributed by atoms with Gasteiger partial charge in [0.25, 0.3) is 5.91 Å². The van der Waals surface area contributed by atoms with E-state index in [1.54, 1.807) is 30.3 Å². The molecule has 0 aliphatic rings. The highest BCUT2D eigenvalue weighted by atomic mass is 16.5. The molecular formula is C24H22N4O2. The molecule has 6 nitrogen and oxygen atoms in total. The summed E-state index contributed by atoms with van der Waals surface area (Å²) in [4.78, 5) is 17.0. The highest BCUT2D eigenvalue weighted by Gasteiger charge is 2.17. The van der Waals surface area contributed by atoms with Crippen LogP contribution in [-0.2, 0) is 6.54 Å². The zero-order chi connectivity index (χ0) is 20.9. The number of aryl methyl sites for hydroxylation is 1. The van der Waals surface area contributed by atoms with Gasteiger partial charge in [-0.15, -0.1) is 0 Å². The van der Waals surface area contributed by atoms with E-state index >= 15 is 0 Å². The third-order valence-electron chi connectivity index (χ3n) is 4.79. The second kappa shape index (κ2) is 8.61. The van der Waals surface area contributed by atoms with E-state index in [1.165, 1.54) is 0 Å². The highest BCUT2D eigenvalue weighted by molar-refractivity contribution is 5.93. The van der Waals surface area contributed by atoms with Crippen LogP contribution in [-0.4, -0.2) is 27.8 Å². The first-order chi connectivity index (χ1) is 14.6. The van der Waals surface area contributed by atoms with E-state index < -0.39 is 0 Å². The van der Waals surface area contributed by atoms with Crippen molar-refractivity contribution in [2.75, 3.05) is 7.11 Å². The van der Waals surface area contributed by atoms with Gasteiger partial charge in [-0.1, -0.05) is 29.8 Å². The van der Waals surface area contributed by atoms with Gasteiger partial charge >= 0.3 is 0 Å². The van der Waals surface area contributed by atoms with Crippen LogP contribution in [0.25, 0.3) is 16.9 Å². The number of carbonyl (C=O) groups is 1. The molecule has 2 heterocycles. The van der Waals surface area contributed by atoms with Gasteiger partial charge in [0.15, 0.2) is 5.69 Å². The first-order valence-electron chi connectivity index (χ1n) is 9.62. The summed E-state index contributed by atoms with van der Waals surface area (Å²) < 4.78 is 6.94. The lowest BCUT2D eigenvalue weighted by molar-refractivity contribution is 0.0945. The number of amides is 1. The number of benzene rings is 2. The molecule has 6 heteroatoms. The summed E-state index contributed by atoms with van der Waals surface area (Å²) in [6.45, 7) is 2.44. The van der Waals surface area contributed by atoms with Gasteiger partial charge in [-0.05, 0) is 55.0 Å². The lowest BCUT2D eigenvalue weighted by Gasteiger charge is -2.07. The molecule has 0 aliphatic carbocycles. The normalized spacial score (nSPS) is 10.6. The van der Waals surface area contributed by atoms with E-state index in [2.05, 4.69) is 15.4 Å². The summed E-state index contributed by atoms with van der Waals surface area (Å²) in [7, 11) is 1.63. The summed E-state index contributed by atoms with van der Waals surface area (Å²) >= 11 is 0. The Morgan fingerprint density at radius 1 is 1.07 bits per heavy atom. The Labute approximate surface area is 175 Å². The topological polar surface area (TPSA) is 69.0 Å². The van der Waals surface area contributed by atoms with E-state index in [4.69, 9.17) is 4.74 Å². The van der Waals surface area contributed by atoms with Crippen LogP contribution >= 0.6 is 0 Å². The average molecular weight is 398 g/mol. The molecule has 0 fully saturated rings. The van der Waals surface area contributed by atoms with Crippen molar-refractivity contribution in [1.82, 2.24) is 20.1 Å². The first kappa shape index (κ1) is 19.4. The minimum absolute atomic E-state index is 0.234. The molecule has 150 valence electrons. The third-order valence-corrected chi connectivity index (χ3v) is 4.79. The Balaban J connectivity index is 1.61. The van der Waals surface area contributed by atoms with Crippen LogP contribution < -0.4 is 10.1 Å². The number of methoxy groups -OCH3 is 1. The molecule has 0 unspecified atom stereocenters. The van der Waals surface area contributed by atoms with Crippen molar-refractivity contribution in [3.63, 3.8) is 0 Å². The van der Waals surface area contributed by atoms with Crippen LogP contribution in [0.4, 0.5) is 0 Å². The van der Waals surface area contributed by atoms with Crippen molar-refractivity contribution >= 4 is 5.91 Å². The Kier molecular flexibility index (Phi) is 5.57. The third kappa shape index (κ3) is 4.22. The van der Waals surface area contributed by atoms with Gasteiger partial charge < -0.3 is 10.1 Å². The minimum atomic E-state index is -0.234. The van der Waals surface area contributed by atoms with Crippen LogP contribution in [0.15, 0.2) is 79.1 Å².